The number of amides is 1. The molecule has 1 aromatic carbocycles. The molecule has 0 spiro atoms. The molecule has 96 valence electrons. The number of nitrogens with one attached hydrogen (secondary N) is 2. The van der Waals surface area contributed by atoms with Crippen molar-refractivity contribution < 1.29 is 4.79 Å². The Morgan fingerprint density at radius 3 is 2.89 bits per heavy atom. The Labute approximate surface area is 116 Å². The fourth-order valence-corrected chi connectivity index (χ4v) is 1.79. The number of nitriles is 1. The number of nitrogens with zero attached hydrogens (tertiary/aromatic N) is 1. The molecule has 0 heterocycles. The third kappa shape index (κ3) is 4.76. The molecule has 0 radical (unpaired) electrons. The summed E-state index contributed by atoms with van der Waals surface area (Å²) in [4.78, 5) is 11.4. The van der Waals surface area contributed by atoms with Crippen LogP contribution in [0.1, 0.15) is 25.3 Å². The van der Waals surface area contributed by atoms with Gasteiger partial charge in [0.15, 0.2) is 0 Å². The summed E-state index contributed by atoms with van der Waals surface area (Å²) in [6.07, 6.45) is 1.34. The first-order chi connectivity index (χ1) is 8.67. The second kappa shape index (κ2) is 7.72. The number of benzene rings is 1. The predicted molar refractivity (Wildman–Crippen MR) is 75.3 cm³/mol. The number of anilines is 1. The summed E-state index contributed by atoms with van der Waals surface area (Å²) < 4.78 is 0.866. The summed E-state index contributed by atoms with van der Waals surface area (Å²) in [5, 5.41) is 14.9. The topological polar surface area (TPSA) is 64.9 Å². The zero-order valence-corrected chi connectivity index (χ0v) is 11.9. The van der Waals surface area contributed by atoms with Crippen LogP contribution >= 0.6 is 15.9 Å². The summed E-state index contributed by atoms with van der Waals surface area (Å²) in [5.41, 5.74) is 1.32. The SMILES string of the molecule is CCCNC(=O)CCNc1ccc(Br)cc1C#N. The van der Waals surface area contributed by atoms with Crippen molar-refractivity contribution in [2.24, 2.45) is 0 Å². The molecule has 2 N–H and O–H groups in total. The van der Waals surface area contributed by atoms with E-state index in [2.05, 4.69) is 32.6 Å². The molecule has 0 saturated carbocycles. The molecule has 18 heavy (non-hydrogen) atoms. The lowest BCUT2D eigenvalue weighted by Gasteiger charge is -2.08. The Hall–Kier alpha value is -1.54. The Morgan fingerprint density at radius 2 is 2.22 bits per heavy atom. The summed E-state index contributed by atoms with van der Waals surface area (Å²) in [6, 6.07) is 7.55. The summed E-state index contributed by atoms with van der Waals surface area (Å²) >= 11 is 3.31. The molecule has 0 unspecified atom stereocenters. The highest BCUT2D eigenvalue weighted by Crippen LogP contribution is 2.20. The van der Waals surface area contributed by atoms with Crippen molar-refractivity contribution in [2.45, 2.75) is 19.8 Å². The highest BCUT2D eigenvalue weighted by molar-refractivity contribution is 9.10. The van der Waals surface area contributed by atoms with E-state index < -0.39 is 0 Å². The lowest BCUT2D eigenvalue weighted by atomic mass is 10.2. The van der Waals surface area contributed by atoms with E-state index >= 15 is 0 Å². The molecule has 1 aromatic rings. The molecule has 0 fully saturated rings. The number of carbonyl (C=O) groups is 1. The standard InChI is InChI=1S/C13H16BrN3O/c1-2-6-17-13(18)5-7-16-12-4-3-11(14)8-10(12)9-15/h3-4,8,16H,2,5-7H2,1H3,(H,17,18). The molecule has 4 nitrogen and oxygen atoms in total. The van der Waals surface area contributed by atoms with Gasteiger partial charge < -0.3 is 10.6 Å². The van der Waals surface area contributed by atoms with Gasteiger partial charge in [0.25, 0.3) is 0 Å². The minimum Gasteiger partial charge on any atom is -0.383 e. The van der Waals surface area contributed by atoms with E-state index in [0.717, 1.165) is 16.6 Å². The van der Waals surface area contributed by atoms with Gasteiger partial charge in [0.1, 0.15) is 6.07 Å². The smallest absolute Gasteiger partial charge is 0.221 e. The van der Waals surface area contributed by atoms with Gasteiger partial charge in [-0.25, -0.2) is 0 Å². The molecule has 0 aliphatic carbocycles. The van der Waals surface area contributed by atoms with Gasteiger partial charge in [-0.1, -0.05) is 22.9 Å². The van der Waals surface area contributed by atoms with E-state index in [1.54, 1.807) is 6.07 Å². The number of carbonyl (C=O) groups excluding carboxylic acids is 1. The molecule has 5 heteroatoms. The fraction of sp³-hybridized carbons (Fsp3) is 0.385. The molecule has 0 aromatic heterocycles. The molecule has 0 saturated heterocycles. The van der Waals surface area contributed by atoms with Crippen molar-refractivity contribution in [3.05, 3.63) is 28.2 Å². The fourth-order valence-electron chi connectivity index (χ4n) is 1.43. The Bertz CT molecular complexity index is 454. The van der Waals surface area contributed by atoms with Crippen molar-refractivity contribution in [3.63, 3.8) is 0 Å². The van der Waals surface area contributed by atoms with Crippen molar-refractivity contribution in [1.29, 1.82) is 5.26 Å². The molecule has 0 aliphatic rings. The van der Waals surface area contributed by atoms with Crippen LogP contribution < -0.4 is 10.6 Å². The van der Waals surface area contributed by atoms with Crippen molar-refractivity contribution in [1.82, 2.24) is 5.32 Å². The molecule has 0 aliphatic heterocycles. The number of halogens is 1. The first-order valence-electron chi connectivity index (χ1n) is 5.87. The van der Waals surface area contributed by atoms with Crippen LogP contribution in [0.5, 0.6) is 0 Å². The Morgan fingerprint density at radius 1 is 1.44 bits per heavy atom. The molecule has 1 rings (SSSR count). The van der Waals surface area contributed by atoms with Gasteiger partial charge in [-0.15, -0.1) is 0 Å². The highest BCUT2D eigenvalue weighted by atomic mass is 79.9. The van der Waals surface area contributed by atoms with E-state index in [0.29, 0.717) is 25.1 Å². The minimum atomic E-state index is 0.0277. The molecule has 0 atom stereocenters. The second-order valence-electron chi connectivity index (χ2n) is 3.83. The first kappa shape index (κ1) is 14.5. The number of hydrogen-bond acceptors (Lipinski definition) is 3. The Kier molecular flexibility index (Phi) is 6.23. The zero-order valence-electron chi connectivity index (χ0n) is 10.3. The van der Waals surface area contributed by atoms with Gasteiger partial charge in [-0.3, -0.25) is 4.79 Å². The third-order valence-electron chi connectivity index (χ3n) is 2.34. The van der Waals surface area contributed by atoms with Crippen LogP contribution in [0.15, 0.2) is 22.7 Å². The average Bonchev–Trinajstić information content (AvgIpc) is 2.37. The van der Waals surface area contributed by atoms with Crippen molar-refractivity contribution in [2.75, 3.05) is 18.4 Å². The van der Waals surface area contributed by atoms with Crippen LogP contribution in [0.4, 0.5) is 5.69 Å². The van der Waals surface area contributed by atoms with Gasteiger partial charge in [0, 0.05) is 24.0 Å². The van der Waals surface area contributed by atoms with Crippen LogP contribution in [0.3, 0.4) is 0 Å². The van der Waals surface area contributed by atoms with Gasteiger partial charge in [0.05, 0.1) is 11.3 Å². The Balaban J connectivity index is 2.44. The summed E-state index contributed by atoms with van der Waals surface area (Å²) in [6.45, 7) is 3.24. The highest BCUT2D eigenvalue weighted by Gasteiger charge is 2.04. The van der Waals surface area contributed by atoms with Gasteiger partial charge in [-0.05, 0) is 24.6 Å². The van der Waals surface area contributed by atoms with Crippen molar-refractivity contribution >= 4 is 27.5 Å². The largest absolute Gasteiger partial charge is 0.383 e. The molecule has 1 amide bonds. The molecular weight excluding hydrogens is 294 g/mol. The number of rotatable bonds is 6. The molecule has 0 bridgehead atoms. The van der Waals surface area contributed by atoms with E-state index in [1.165, 1.54) is 0 Å². The lowest BCUT2D eigenvalue weighted by Crippen LogP contribution is -2.25. The maximum atomic E-state index is 11.4. The van der Waals surface area contributed by atoms with Gasteiger partial charge in [0.2, 0.25) is 5.91 Å². The van der Waals surface area contributed by atoms with Crippen LogP contribution in [-0.4, -0.2) is 19.0 Å². The normalized spacial score (nSPS) is 9.61. The maximum absolute atomic E-state index is 11.4. The number of hydrogen-bond donors (Lipinski definition) is 2. The van der Waals surface area contributed by atoms with Crippen LogP contribution in [-0.2, 0) is 4.79 Å². The quantitative estimate of drug-likeness (QED) is 0.849. The van der Waals surface area contributed by atoms with E-state index in [1.807, 2.05) is 19.1 Å². The monoisotopic (exact) mass is 309 g/mol. The van der Waals surface area contributed by atoms with E-state index in [-0.39, 0.29) is 5.91 Å². The van der Waals surface area contributed by atoms with E-state index in [4.69, 9.17) is 5.26 Å². The van der Waals surface area contributed by atoms with Crippen LogP contribution in [0.25, 0.3) is 0 Å². The predicted octanol–water partition coefficient (Wildman–Crippen LogP) is 2.65. The van der Waals surface area contributed by atoms with Crippen LogP contribution in [0.2, 0.25) is 0 Å². The van der Waals surface area contributed by atoms with Crippen LogP contribution in [0, 0.1) is 11.3 Å². The zero-order chi connectivity index (χ0) is 13.4. The van der Waals surface area contributed by atoms with Gasteiger partial charge in [-0.2, -0.15) is 5.26 Å². The van der Waals surface area contributed by atoms with E-state index in [9.17, 15) is 4.79 Å². The first-order valence-corrected chi connectivity index (χ1v) is 6.67. The lowest BCUT2D eigenvalue weighted by molar-refractivity contribution is -0.120. The molecular formula is C13H16BrN3O. The minimum absolute atomic E-state index is 0.0277. The average molecular weight is 310 g/mol. The van der Waals surface area contributed by atoms with Crippen molar-refractivity contribution in [3.8, 4) is 6.07 Å². The maximum Gasteiger partial charge on any atom is 0.221 e. The third-order valence-corrected chi connectivity index (χ3v) is 2.83. The second-order valence-corrected chi connectivity index (χ2v) is 4.74. The summed E-state index contributed by atoms with van der Waals surface area (Å²) in [5.74, 6) is 0.0277. The summed E-state index contributed by atoms with van der Waals surface area (Å²) in [7, 11) is 0. The van der Waals surface area contributed by atoms with Gasteiger partial charge >= 0.3 is 0 Å².